The van der Waals surface area contributed by atoms with E-state index in [1.54, 1.807) is 0 Å². The molecule has 20 heavy (non-hydrogen) atoms. The highest BCUT2D eigenvalue weighted by atomic mass is 16.4. The fourth-order valence-electron chi connectivity index (χ4n) is 2.59. The van der Waals surface area contributed by atoms with E-state index in [0.29, 0.717) is 6.42 Å². The van der Waals surface area contributed by atoms with Crippen LogP contribution in [-0.4, -0.2) is 20.9 Å². The summed E-state index contributed by atoms with van der Waals surface area (Å²) in [5.41, 5.74) is 6.38. The highest BCUT2D eigenvalue weighted by Crippen LogP contribution is 2.21. The minimum atomic E-state index is -0.775. The van der Waals surface area contributed by atoms with Crippen molar-refractivity contribution < 1.29 is 9.90 Å². The summed E-state index contributed by atoms with van der Waals surface area (Å²) in [4.78, 5) is 10.7. The van der Waals surface area contributed by atoms with E-state index in [4.69, 9.17) is 5.11 Å². The third-order valence-corrected chi connectivity index (χ3v) is 3.48. The Morgan fingerprint density at radius 3 is 2.30 bits per heavy atom. The van der Waals surface area contributed by atoms with Crippen LogP contribution in [0.5, 0.6) is 0 Å². The quantitative estimate of drug-likeness (QED) is 0.930. The lowest BCUT2D eigenvalue weighted by Gasteiger charge is -2.08. The van der Waals surface area contributed by atoms with Crippen LogP contribution >= 0.6 is 0 Å². The van der Waals surface area contributed by atoms with E-state index in [0.717, 1.165) is 22.6 Å². The van der Waals surface area contributed by atoms with Gasteiger partial charge in [0.1, 0.15) is 0 Å². The minimum absolute atomic E-state index is 0.139. The molecule has 106 valence electrons. The van der Waals surface area contributed by atoms with Crippen molar-refractivity contribution in [3.05, 3.63) is 46.3 Å². The lowest BCUT2D eigenvalue weighted by molar-refractivity contribution is -0.136. The Kier molecular flexibility index (Phi) is 3.93. The Morgan fingerprint density at radius 1 is 1.15 bits per heavy atom. The maximum absolute atomic E-state index is 10.7. The Labute approximate surface area is 119 Å². The maximum Gasteiger partial charge on any atom is 0.303 e. The van der Waals surface area contributed by atoms with Crippen molar-refractivity contribution >= 4 is 5.97 Å². The average molecular weight is 272 g/mol. The number of carbonyl (C=O) groups is 1. The molecule has 0 fully saturated rings. The molecule has 4 nitrogen and oxygen atoms in total. The second-order valence-electron chi connectivity index (χ2n) is 5.30. The average Bonchev–Trinajstić information content (AvgIpc) is 2.61. The zero-order valence-electron chi connectivity index (χ0n) is 12.4. The summed E-state index contributed by atoms with van der Waals surface area (Å²) < 4.78 is 1.91. The van der Waals surface area contributed by atoms with Gasteiger partial charge in [0.2, 0.25) is 0 Å². The number of hydrogen-bond donors (Lipinski definition) is 1. The molecule has 0 atom stereocenters. The van der Waals surface area contributed by atoms with Gasteiger partial charge in [-0.2, -0.15) is 5.10 Å². The lowest BCUT2D eigenvalue weighted by atomic mass is 10.1. The monoisotopic (exact) mass is 272 g/mol. The summed E-state index contributed by atoms with van der Waals surface area (Å²) in [6.45, 7) is 8.05. The molecular weight excluding hydrogens is 252 g/mol. The molecule has 0 radical (unpaired) electrons. The Morgan fingerprint density at radius 2 is 1.75 bits per heavy atom. The van der Waals surface area contributed by atoms with Crippen LogP contribution in [0.25, 0.3) is 5.69 Å². The summed E-state index contributed by atoms with van der Waals surface area (Å²) in [6.07, 6.45) is 0.665. The molecule has 1 heterocycles. The molecular formula is C16H20N2O2. The lowest BCUT2D eigenvalue weighted by Crippen LogP contribution is -2.02. The van der Waals surface area contributed by atoms with Gasteiger partial charge >= 0.3 is 5.97 Å². The van der Waals surface area contributed by atoms with Gasteiger partial charge in [-0.1, -0.05) is 6.07 Å². The van der Waals surface area contributed by atoms with Crippen molar-refractivity contribution in [3.8, 4) is 5.69 Å². The predicted octanol–water partition coefficient (Wildman–Crippen LogP) is 3.12. The van der Waals surface area contributed by atoms with E-state index in [2.05, 4.69) is 37.1 Å². The summed E-state index contributed by atoms with van der Waals surface area (Å²) in [6, 6.07) is 6.31. The number of nitrogens with zero attached hydrogens (tertiary/aromatic N) is 2. The first-order valence-corrected chi connectivity index (χ1v) is 6.74. The summed E-state index contributed by atoms with van der Waals surface area (Å²) >= 11 is 0. The van der Waals surface area contributed by atoms with Gasteiger partial charge in [0, 0.05) is 12.1 Å². The summed E-state index contributed by atoms with van der Waals surface area (Å²) in [5, 5.41) is 13.4. The molecule has 1 aromatic carbocycles. The van der Waals surface area contributed by atoms with Crippen LogP contribution in [-0.2, 0) is 11.2 Å². The first-order valence-electron chi connectivity index (χ1n) is 6.74. The number of aliphatic carboxylic acids is 1. The van der Waals surface area contributed by atoms with Gasteiger partial charge in [-0.15, -0.1) is 0 Å². The van der Waals surface area contributed by atoms with Crippen LogP contribution in [0.15, 0.2) is 18.2 Å². The number of hydrogen-bond acceptors (Lipinski definition) is 2. The molecule has 1 aromatic heterocycles. The van der Waals surface area contributed by atoms with Gasteiger partial charge in [0.05, 0.1) is 11.4 Å². The largest absolute Gasteiger partial charge is 0.481 e. The minimum Gasteiger partial charge on any atom is -0.481 e. The van der Waals surface area contributed by atoms with Crippen molar-refractivity contribution in [1.29, 1.82) is 0 Å². The fourth-order valence-corrected chi connectivity index (χ4v) is 2.59. The molecule has 0 aliphatic heterocycles. The van der Waals surface area contributed by atoms with E-state index in [-0.39, 0.29) is 6.42 Å². The second-order valence-corrected chi connectivity index (χ2v) is 5.30. The number of carboxylic acid groups (broad SMARTS) is 1. The molecule has 2 rings (SSSR count). The van der Waals surface area contributed by atoms with Crippen molar-refractivity contribution in [1.82, 2.24) is 9.78 Å². The fraction of sp³-hybridized carbons (Fsp3) is 0.375. The number of rotatable bonds is 4. The van der Waals surface area contributed by atoms with E-state index >= 15 is 0 Å². The Bertz CT molecular complexity index is 636. The molecule has 0 spiro atoms. The molecule has 2 aromatic rings. The number of carboxylic acids is 1. The molecule has 0 amide bonds. The van der Waals surface area contributed by atoms with Crippen LogP contribution in [0.4, 0.5) is 0 Å². The van der Waals surface area contributed by atoms with Gasteiger partial charge in [-0.05, 0) is 62.9 Å². The van der Waals surface area contributed by atoms with Crippen LogP contribution in [0.1, 0.15) is 34.5 Å². The first-order chi connectivity index (χ1) is 9.38. The van der Waals surface area contributed by atoms with E-state index in [1.807, 2.05) is 18.5 Å². The van der Waals surface area contributed by atoms with E-state index in [9.17, 15) is 4.79 Å². The molecule has 0 aliphatic carbocycles. The van der Waals surface area contributed by atoms with Crippen molar-refractivity contribution in [2.24, 2.45) is 0 Å². The molecule has 1 N–H and O–H groups in total. The van der Waals surface area contributed by atoms with Crippen molar-refractivity contribution in [3.63, 3.8) is 0 Å². The molecule has 0 saturated heterocycles. The van der Waals surface area contributed by atoms with Crippen LogP contribution in [0.3, 0.4) is 0 Å². The highest BCUT2D eigenvalue weighted by Gasteiger charge is 2.14. The highest BCUT2D eigenvalue weighted by molar-refractivity contribution is 5.67. The zero-order chi connectivity index (χ0) is 14.9. The van der Waals surface area contributed by atoms with E-state index < -0.39 is 5.97 Å². The SMILES string of the molecule is Cc1cc(C)cc(-n2nc(C)c(CCC(=O)O)c2C)c1. The molecule has 4 heteroatoms. The third-order valence-electron chi connectivity index (χ3n) is 3.48. The molecule has 0 aliphatic rings. The predicted molar refractivity (Wildman–Crippen MR) is 78.5 cm³/mol. The number of aryl methyl sites for hydroxylation is 3. The van der Waals surface area contributed by atoms with Gasteiger partial charge in [0.15, 0.2) is 0 Å². The zero-order valence-corrected chi connectivity index (χ0v) is 12.4. The molecule has 0 saturated carbocycles. The molecule has 0 bridgehead atoms. The molecule has 0 unspecified atom stereocenters. The Hall–Kier alpha value is -2.10. The van der Waals surface area contributed by atoms with Crippen LogP contribution < -0.4 is 0 Å². The smallest absolute Gasteiger partial charge is 0.303 e. The number of aromatic nitrogens is 2. The van der Waals surface area contributed by atoms with E-state index in [1.165, 1.54) is 11.1 Å². The standard InChI is InChI=1S/C16H20N2O2/c1-10-7-11(2)9-14(8-10)18-13(4)15(12(3)17-18)5-6-16(19)20/h7-9H,5-6H2,1-4H3,(H,19,20). The van der Waals surface area contributed by atoms with Gasteiger partial charge in [-0.3, -0.25) is 4.79 Å². The topological polar surface area (TPSA) is 55.1 Å². The van der Waals surface area contributed by atoms with Gasteiger partial charge in [-0.25, -0.2) is 4.68 Å². The summed E-state index contributed by atoms with van der Waals surface area (Å²) in [5.74, 6) is -0.775. The van der Waals surface area contributed by atoms with Crippen LogP contribution in [0, 0.1) is 27.7 Å². The summed E-state index contributed by atoms with van der Waals surface area (Å²) in [7, 11) is 0. The maximum atomic E-state index is 10.7. The van der Waals surface area contributed by atoms with Crippen LogP contribution in [0.2, 0.25) is 0 Å². The van der Waals surface area contributed by atoms with Gasteiger partial charge in [0.25, 0.3) is 0 Å². The van der Waals surface area contributed by atoms with Crippen molar-refractivity contribution in [2.75, 3.05) is 0 Å². The first kappa shape index (κ1) is 14.3. The normalized spacial score (nSPS) is 10.8. The van der Waals surface area contributed by atoms with Crippen molar-refractivity contribution in [2.45, 2.75) is 40.5 Å². The second kappa shape index (κ2) is 5.49. The third kappa shape index (κ3) is 2.90. The Balaban J connectivity index is 2.43. The number of benzene rings is 1. The van der Waals surface area contributed by atoms with Gasteiger partial charge < -0.3 is 5.11 Å².